The van der Waals surface area contributed by atoms with Crippen LogP contribution < -0.4 is 4.90 Å². The summed E-state index contributed by atoms with van der Waals surface area (Å²) in [6, 6.07) is 11.0. The SMILES string of the molecule is O=C(CSc1nc(C2CC2)nc2sc3c(c12)CCCC3)N1c2ccccc2Sc2ccc(C(F)(F)F)cc21. The summed E-state index contributed by atoms with van der Waals surface area (Å²) < 4.78 is 40.8. The van der Waals surface area contributed by atoms with Crippen LogP contribution in [0.3, 0.4) is 0 Å². The lowest BCUT2D eigenvalue weighted by molar-refractivity contribution is -0.137. The van der Waals surface area contributed by atoms with Gasteiger partial charge in [-0.05, 0) is 74.4 Å². The van der Waals surface area contributed by atoms with Crippen molar-refractivity contribution in [1.29, 1.82) is 0 Å². The lowest BCUT2D eigenvalue weighted by atomic mass is 9.97. The summed E-state index contributed by atoms with van der Waals surface area (Å²) in [5.74, 6) is 1.03. The molecule has 194 valence electrons. The number of halogens is 3. The maximum Gasteiger partial charge on any atom is 0.416 e. The van der Waals surface area contributed by atoms with Gasteiger partial charge in [-0.15, -0.1) is 11.3 Å². The van der Waals surface area contributed by atoms with E-state index < -0.39 is 11.7 Å². The molecule has 0 bridgehead atoms. The molecule has 0 radical (unpaired) electrons. The first-order valence-corrected chi connectivity index (χ1v) is 15.2. The predicted molar refractivity (Wildman–Crippen MR) is 146 cm³/mol. The van der Waals surface area contributed by atoms with Crippen LogP contribution in [0.5, 0.6) is 0 Å². The molecule has 3 heterocycles. The van der Waals surface area contributed by atoms with E-state index in [1.807, 2.05) is 12.1 Å². The minimum Gasteiger partial charge on any atom is -0.278 e. The highest BCUT2D eigenvalue weighted by atomic mass is 32.2. The Kier molecular flexibility index (Phi) is 5.97. The fourth-order valence-corrected chi connectivity index (χ4v) is 8.45. The maximum atomic E-state index is 13.8. The molecule has 0 atom stereocenters. The van der Waals surface area contributed by atoms with E-state index >= 15 is 0 Å². The Morgan fingerprint density at radius 2 is 1.82 bits per heavy atom. The van der Waals surface area contributed by atoms with E-state index in [-0.39, 0.29) is 17.3 Å². The third-order valence-electron chi connectivity index (χ3n) is 7.18. The Balaban J connectivity index is 1.26. The number of nitrogens with zero attached hydrogens (tertiary/aromatic N) is 3. The molecule has 0 unspecified atom stereocenters. The number of hydrogen-bond acceptors (Lipinski definition) is 6. The number of anilines is 2. The lowest BCUT2D eigenvalue weighted by Gasteiger charge is -2.31. The minimum absolute atomic E-state index is 0.0650. The number of hydrogen-bond donors (Lipinski definition) is 0. The first-order chi connectivity index (χ1) is 18.4. The maximum absolute atomic E-state index is 13.8. The van der Waals surface area contributed by atoms with E-state index in [9.17, 15) is 18.0 Å². The third-order valence-corrected chi connectivity index (χ3v) is 10.5. The van der Waals surface area contributed by atoms with Gasteiger partial charge in [-0.3, -0.25) is 9.69 Å². The Morgan fingerprint density at radius 1 is 1.03 bits per heavy atom. The second kappa shape index (κ2) is 9.27. The number of para-hydroxylation sites is 1. The second-order valence-corrected chi connectivity index (χ2v) is 13.0. The van der Waals surface area contributed by atoms with Gasteiger partial charge in [0.1, 0.15) is 15.7 Å². The normalized spacial score (nSPS) is 16.8. The Morgan fingerprint density at radius 3 is 2.63 bits per heavy atom. The van der Waals surface area contributed by atoms with E-state index in [2.05, 4.69) is 0 Å². The Hall–Kier alpha value is -2.56. The van der Waals surface area contributed by atoms with Gasteiger partial charge >= 0.3 is 6.18 Å². The van der Waals surface area contributed by atoms with E-state index in [1.165, 1.54) is 51.4 Å². The molecular weight excluding hydrogens is 548 g/mol. The van der Waals surface area contributed by atoms with Crippen LogP contribution in [0.15, 0.2) is 57.3 Å². The number of carbonyl (C=O) groups excluding carboxylic acids is 1. The fraction of sp³-hybridized carbons (Fsp3) is 0.321. The molecule has 10 heteroatoms. The van der Waals surface area contributed by atoms with Crippen LogP contribution in [-0.4, -0.2) is 21.6 Å². The van der Waals surface area contributed by atoms with E-state index in [4.69, 9.17) is 9.97 Å². The van der Waals surface area contributed by atoms with Crippen LogP contribution in [0.25, 0.3) is 10.2 Å². The number of thioether (sulfide) groups is 1. The molecule has 38 heavy (non-hydrogen) atoms. The van der Waals surface area contributed by atoms with Crippen LogP contribution >= 0.6 is 34.9 Å². The van der Waals surface area contributed by atoms with Crippen molar-refractivity contribution in [2.24, 2.45) is 0 Å². The zero-order valence-corrected chi connectivity index (χ0v) is 22.6. The molecule has 0 saturated heterocycles. The molecule has 2 aromatic carbocycles. The molecule has 4 aromatic rings. The monoisotopic (exact) mass is 569 g/mol. The van der Waals surface area contributed by atoms with Gasteiger partial charge in [0, 0.05) is 26.0 Å². The van der Waals surface area contributed by atoms with Crippen molar-refractivity contribution in [2.45, 2.75) is 65.4 Å². The van der Waals surface area contributed by atoms with E-state index in [1.54, 1.807) is 23.5 Å². The third kappa shape index (κ3) is 4.30. The minimum atomic E-state index is -4.50. The highest BCUT2D eigenvalue weighted by molar-refractivity contribution is 8.00. The summed E-state index contributed by atoms with van der Waals surface area (Å²) in [5.41, 5.74) is 1.43. The molecule has 0 N–H and O–H groups in total. The van der Waals surface area contributed by atoms with Gasteiger partial charge in [-0.25, -0.2) is 9.97 Å². The van der Waals surface area contributed by atoms with Gasteiger partial charge in [0.2, 0.25) is 5.91 Å². The molecule has 1 fully saturated rings. The van der Waals surface area contributed by atoms with E-state index in [0.29, 0.717) is 16.5 Å². The summed E-state index contributed by atoms with van der Waals surface area (Å²) in [7, 11) is 0. The van der Waals surface area contributed by atoms with Crippen LogP contribution in [0, 0.1) is 0 Å². The molecule has 2 aliphatic carbocycles. The number of aromatic nitrogens is 2. The van der Waals surface area contributed by atoms with Crippen molar-refractivity contribution in [2.75, 3.05) is 10.7 Å². The van der Waals surface area contributed by atoms with Crippen molar-refractivity contribution >= 4 is 62.4 Å². The quantitative estimate of drug-likeness (QED) is 0.182. The first-order valence-electron chi connectivity index (χ1n) is 12.6. The zero-order valence-electron chi connectivity index (χ0n) is 20.2. The van der Waals surface area contributed by atoms with Crippen molar-refractivity contribution in [1.82, 2.24) is 9.97 Å². The fourth-order valence-electron chi connectivity index (χ4n) is 5.16. The topological polar surface area (TPSA) is 46.1 Å². The van der Waals surface area contributed by atoms with Crippen LogP contribution in [0.1, 0.15) is 53.4 Å². The van der Waals surface area contributed by atoms with Crippen molar-refractivity contribution in [3.63, 3.8) is 0 Å². The summed E-state index contributed by atoms with van der Waals surface area (Å²) >= 11 is 4.52. The van der Waals surface area contributed by atoms with Crippen LogP contribution in [0.4, 0.5) is 24.5 Å². The number of rotatable bonds is 4. The highest BCUT2D eigenvalue weighted by Crippen LogP contribution is 2.50. The summed E-state index contributed by atoms with van der Waals surface area (Å²) in [4.78, 5) is 29.0. The average Bonchev–Trinajstić information content (AvgIpc) is 3.69. The molecule has 7 rings (SSSR count). The molecule has 1 saturated carbocycles. The summed E-state index contributed by atoms with van der Waals surface area (Å²) in [6.45, 7) is 0. The number of carbonyl (C=O) groups is 1. The van der Waals surface area contributed by atoms with Gasteiger partial charge in [0.25, 0.3) is 0 Å². The molecule has 0 spiro atoms. The molecular formula is C28H22F3N3OS3. The molecule has 4 nitrogen and oxygen atoms in total. The molecule has 1 amide bonds. The largest absolute Gasteiger partial charge is 0.416 e. The number of fused-ring (bicyclic) bond motifs is 5. The Bertz CT molecular complexity index is 1600. The predicted octanol–water partition coefficient (Wildman–Crippen LogP) is 8.39. The van der Waals surface area contributed by atoms with Gasteiger partial charge in [0.15, 0.2) is 0 Å². The smallest absolute Gasteiger partial charge is 0.278 e. The zero-order chi connectivity index (χ0) is 26.0. The van der Waals surface area contributed by atoms with Crippen molar-refractivity contribution < 1.29 is 18.0 Å². The van der Waals surface area contributed by atoms with Gasteiger partial charge in [-0.2, -0.15) is 13.2 Å². The molecule has 1 aliphatic heterocycles. The van der Waals surface area contributed by atoms with Crippen LogP contribution in [0.2, 0.25) is 0 Å². The van der Waals surface area contributed by atoms with E-state index in [0.717, 1.165) is 70.2 Å². The summed E-state index contributed by atoms with van der Waals surface area (Å²) in [6.07, 6.45) is 2.03. The first kappa shape index (κ1) is 24.5. The van der Waals surface area contributed by atoms with Gasteiger partial charge in [0.05, 0.1) is 22.7 Å². The van der Waals surface area contributed by atoms with Crippen LogP contribution in [-0.2, 0) is 23.8 Å². The summed E-state index contributed by atoms with van der Waals surface area (Å²) in [5, 5.41) is 1.90. The number of aryl methyl sites for hydroxylation is 2. The molecule has 3 aliphatic rings. The standard InChI is InChI=1S/C28H22F3N3OS3/c29-28(30,31)16-11-12-22-19(13-16)34(18-6-2-4-8-21(18)37-22)23(35)14-36-26-24-17-5-1-3-7-20(17)38-27(24)33-25(32-26)15-9-10-15/h2,4,6,8,11-13,15H,1,3,5,7,9-10,14H2. The average molecular weight is 570 g/mol. The number of thiophene rings is 1. The lowest BCUT2D eigenvalue weighted by Crippen LogP contribution is -2.30. The Labute approximate surface area is 230 Å². The van der Waals surface area contributed by atoms with Gasteiger partial charge in [-0.1, -0.05) is 35.7 Å². The second-order valence-electron chi connectivity index (χ2n) is 9.82. The van der Waals surface area contributed by atoms with Crippen molar-refractivity contribution in [3.8, 4) is 0 Å². The van der Waals surface area contributed by atoms with Gasteiger partial charge < -0.3 is 0 Å². The molecule has 2 aromatic heterocycles. The number of alkyl halides is 3. The van der Waals surface area contributed by atoms with Crippen molar-refractivity contribution in [3.05, 3.63) is 64.3 Å². The highest BCUT2D eigenvalue weighted by Gasteiger charge is 2.35. The number of benzene rings is 2. The number of amides is 1.